The highest BCUT2D eigenvalue weighted by atomic mass is 16.5. The highest BCUT2D eigenvalue weighted by Crippen LogP contribution is 2.20. The number of furan rings is 1. The normalized spacial score (nSPS) is 10.7. The van der Waals surface area contributed by atoms with Crippen LogP contribution in [0.5, 0.6) is 5.75 Å². The average Bonchev–Trinajstić information content (AvgIpc) is 3.21. The zero-order valence-corrected chi connectivity index (χ0v) is 14.7. The van der Waals surface area contributed by atoms with Gasteiger partial charge in [-0.3, -0.25) is 4.79 Å². The number of nitrogens with one attached hydrogen (secondary N) is 1. The molecule has 0 aliphatic carbocycles. The molecule has 0 bridgehead atoms. The number of rotatable bonds is 6. The van der Waals surface area contributed by atoms with E-state index in [2.05, 4.69) is 5.32 Å². The summed E-state index contributed by atoms with van der Waals surface area (Å²) < 4.78 is 12.6. The highest BCUT2D eigenvalue weighted by Gasteiger charge is 2.18. The van der Waals surface area contributed by atoms with Gasteiger partial charge in [0.05, 0.1) is 19.9 Å². The second-order valence-electron chi connectivity index (χ2n) is 6.02. The first kappa shape index (κ1) is 16.9. The lowest BCUT2D eigenvalue weighted by atomic mass is 10.2. The van der Waals surface area contributed by atoms with Crippen LogP contribution in [0.15, 0.2) is 53.1 Å². The van der Waals surface area contributed by atoms with Crippen molar-refractivity contribution in [2.75, 3.05) is 7.11 Å². The standard InChI is InChI=1S/C20H22N2O3/c1-14-10-15(2)22(13-16-6-4-7-17(11-16)24-3)19(14)20(23)21-12-18-8-5-9-25-18/h4-11H,12-13H2,1-3H3,(H,21,23). The number of aromatic nitrogens is 1. The molecule has 0 aliphatic heterocycles. The lowest BCUT2D eigenvalue weighted by Crippen LogP contribution is -2.26. The second kappa shape index (κ2) is 7.30. The molecule has 0 saturated carbocycles. The van der Waals surface area contributed by atoms with E-state index in [1.54, 1.807) is 13.4 Å². The molecule has 1 amide bonds. The maximum Gasteiger partial charge on any atom is 0.268 e. The number of ether oxygens (including phenoxy) is 1. The lowest BCUT2D eigenvalue weighted by Gasteiger charge is -2.13. The van der Waals surface area contributed by atoms with Gasteiger partial charge in [-0.05, 0) is 55.3 Å². The zero-order valence-electron chi connectivity index (χ0n) is 14.7. The summed E-state index contributed by atoms with van der Waals surface area (Å²) >= 11 is 0. The van der Waals surface area contributed by atoms with Crippen LogP contribution >= 0.6 is 0 Å². The number of benzene rings is 1. The molecular weight excluding hydrogens is 316 g/mol. The van der Waals surface area contributed by atoms with Crippen molar-refractivity contribution < 1.29 is 13.9 Å². The van der Waals surface area contributed by atoms with E-state index < -0.39 is 0 Å². The van der Waals surface area contributed by atoms with E-state index in [0.29, 0.717) is 18.8 Å². The van der Waals surface area contributed by atoms with Crippen LogP contribution < -0.4 is 10.1 Å². The summed E-state index contributed by atoms with van der Waals surface area (Å²) in [6, 6.07) is 13.6. The topological polar surface area (TPSA) is 56.4 Å². The molecule has 0 saturated heterocycles. The summed E-state index contributed by atoms with van der Waals surface area (Å²) in [6.07, 6.45) is 1.60. The molecule has 0 radical (unpaired) electrons. The van der Waals surface area contributed by atoms with Crippen molar-refractivity contribution in [3.8, 4) is 5.75 Å². The molecule has 0 aliphatic rings. The van der Waals surface area contributed by atoms with Crippen molar-refractivity contribution in [2.24, 2.45) is 0 Å². The Kier molecular flexibility index (Phi) is 4.93. The van der Waals surface area contributed by atoms with Gasteiger partial charge in [-0.15, -0.1) is 0 Å². The van der Waals surface area contributed by atoms with Gasteiger partial charge in [0, 0.05) is 12.2 Å². The molecule has 2 aromatic heterocycles. The Morgan fingerprint density at radius 1 is 1.20 bits per heavy atom. The number of carbonyl (C=O) groups is 1. The number of methoxy groups -OCH3 is 1. The number of hydrogen-bond donors (Lipinski definition) is 1. The third kappa shape index (κ3) is 3.76. The maximum atomic E-state index is 12.7. The van der Waals surface area contributed by atoms with E-state index in [9.17, 15) is 4.79 Å². The highest BCUT2D eigenvalue weighted by molar-refractivity contribution is 5.94. The maximum absolute atomic E-state index is 12.7. The van der Waals surface area contributed by atoms with Gasteiger partial charge in [0.2, 0.25) is 0 Å². The summed E-state index contributed by atoms with van der Waals surface area (Å²) in [7, 11) is 1.65. The van der Waals surface area contributed by atoms with E-state index in [1.165, 1.54) is 0 Å². The molecule has 0 atom stereocenters. The van der Waals surface area contributed by atoms with Crippen molar-refractivity contribution in [1.29, 1.82) is 0 Å². The second-order valence-corrected chi connectivity index (χ2v) is 6.02. The van der Waals surface area contributed by atoms with Crippen LogP contribution in [0, 0.1) is 13.8 Å². The molecule has 0 spiro atoms. The number of carbonyl (C=O) groups excluding carboxylic acids is 1. The van der Waals surface area contributed by atoms with Crippen molar-refractivity contribution in [1.82, 2.24) is 9.88 Å². The van der Waals surface area contributed by atoms with Crippen LogP contribution in [0.4, 0.5) is 0 Å². The Morgan fingerprint density at radius 2 is 2.04 bits per heavy atom. The summed E-state index contributed by atoms with van der Waals surface area (Å²) in [6.45, 7) is 4.95. The van der Waals surface area contributed by atoms with E-state index in [1.807, 2.05) is 60.9 Å². The third-order valence-corrected chi connectivity index (χ3v) is 4.19. The molecular formula is C20H22N2O3. The van der Waals surface area contributed by atoms with Crippen LogP contribution in [0.2, 0.25) is 0 Å². The minimum absolute atomic E-state index is 0.107. The molecule has 0 fully saturated rings. The van der Waals surface area contributed by atoms with Crippen LogP contribution in [0.1, 0.15) is 33.1 Å². The van der Waals surface area contributed by atoms with Crippen LogP contribution in [-0.4, -0.2) is 17.6 Å². The fourth-order valence-electron chi connectivity index (χ4n) is 2.97. The first-order valence-electron chi connectivity index (χ1n) is 8.18. The van der Waals surface area contributed by atoms with Crippen molar-refractivity contribution >= 4 is 5.91 Å². The molecule has 1 aromatic carbocycles. The number of nitrogens with zero attached hydrogens (tertiary/aromatic N) is 1. The van der Waals surface area contributed by atoms with Gasteiger partial charge < -0.3 is 19.0 Å². The van der Waals surface area contributed by atoms with Crippen molar-refractivity contribution in [2.45, 2.75) is 26.9 Å². The summed E-state index contributed by atoms with van der Waals surface area (Å²) in [5, 5.41) is 2.93. The molecule has 3 aromatic rings. The Bertz CT molecular complexity index is 863. The fraction of sp³-hybridized carbons (Fsp3) is 0.250. The Labute approximate surface area is 147 Å². The fourth-order valence-corrected chi connectivity index (χ4v) is 2.97. The first-order valence-corrected chi connectivity index (χ1v) is 8.18. The zero-order chi connectivity index (χ0) is 17.8. The van der Waals surface area contributed by atoms with E-state index in [0.717, 1.165) is 28.3 Å². The molecule has 25 heavy (non-hydrogen) atoms. The first-order chi connectivity index (χ1) is 12.1. The number of amides is 1. The van der Waals surface area contributed by atoms with Gasteiger partial charge in [0.15, 0.2) is 0 Å². The molecule has 2 heterocycles. The SMILES string of the molecule is COc1cccc(Cn2c(C)cc(C)c2C(=O)NCc2ccco2)c1. The van der Waals surface area contributed by atoms with Gasteiger partial charge >= 0.3 is 0 Å². The lowest BCUT2D eigenvalue weighted by molar-refractivity contribution is 0.0938. The molecule has 5 heteroatoms. The summed E-state index contributed by atoms with van der Waals surface area (Å²) in [4.78, 5) is 12.7. The quantitative estimate of drug-likeness (QED) is 0.746. The Morgan fingerprint density at radius 3 is 2.76 bits per heavy atom. The number of hydrogen-bond acceptors (Lipinski definition) is 3. The molecule has 0 unspecified atom stereocenters. The smallest absolute Gasteiger partial charge is 0.268 e. The van der Waals surface area contributed by atoms with Gasteiger partial charge in [-0.2, -0.15) is 0 Å². The van der Waals surface area contributed by atoms with Crippen LogP contribution in [0.3, 0.4) is 0 Å². The van der Waals surface area contributed by atoms with Gasteiger partial charge in [0.25, 0.3) is 5.91 Å². The van der Waals surface area contributed by atoms with Crippen LogP contribution in [-0.2, 0) is 13.1 Å². The molecule has 3 rings (SSSR count). The predicted octanol–water partition coefficient (Wildman–Crippen LogP) is 3.68. The van der Waals surface area contributed by atoms with Gasteiger partial charge in [0.1, 0.15) is 17.2 Å². The monoisotopic (exact) mass is 338 g/mol. The largest absolute Gasteiger partial charge is 0.497 e. The Balaban J connectivity index is 1.83. The molecule has 1 N–H and O–H groups in total. The van der Waals surface area contributed by atoms with E-state index in [4.69, 9.17) is 9.15 Å². The van der Waals surface area contributed by atoms with Gasteiger partial charge in [-0.25, -0.2) is 0 Å². The Hall–Kier alpha value is -2.95. The van der Waals surface area contributed by atoms with E-state index in [-0.39, 0.29) is 5.91 Å². The average molecular weight is 338 g/mol. The molecule has 130 valence electrons. The van der Waals surface area contributed by atoms with Gasteiger partial charge in [-0.1, -0.05) is 12.1 Å². The third-order valence-electron chi connectivity index (χ3n) is 4.19. The molecule has 5 nitrogen and oxygen atoms in total. The minimum Gasteiger partial charge on any atom is -0.497 e. The van der Waals surface area contributed by atoms with Crippen molar-refractivity contribution in [3.05, 3.63) is 77.0 Å². The van der Waals surface area contributed by atoms with E-state index >= 15 is 0 Å². The van der Waals surface area contributed by atoms with Crippen LogP contribution in [0.25, 0.3) is 0 Å². The summed E-state index contributed by atoms with van der Waals surface area (Å²) in [5.41, 5.74) is 3.76. The summed E-state index contributed by atoms with van der Waals surface area (Å²) in [5.74, 6) is 1.43. The van der Waals surface area contributed by atoms with Crippen molar-refractivity contribution in [3.63, 3.8) is 0 Å². The predicted molar refractivity (Wildman–Crippen MR) is 95.9 cm³/mol. The number of aryl methyl sites for hydroxylation is 2. The minimum atomic E-state index is -0.107.